The van der Waals surface area contributed by atoms with Crippen molar-refractivity contribution in [3.63, 3.8) is 0 Å². The van der Waals surface area contributed by atoms with E-state index in [1.165, 1.54) is 5.41 Å². The number of nitrogens with one attached hydrogen (secondary N) is 1. The van der Waals surface area contributed by atoms with Crippen LogP contribution in [0.1, 0.15) is 11.1 Å². The minimum atomic E-state index is -2.97. The van der Waals surface area contributed by atoms with E-state index in [2.05, 4.69) is 10.3 Å². The molecule has 0 saturated heterocycles. The summed E-state index contributed by atoms with van der Waals surface area (Å²) in [6, 6.07) is 1.96. The van der Waals surface area contributed by atoms with Crippen molar-refractivity contribution >= 4 is 9.84 Å². The summed E-state index contributed by atoms with van der Waals surface area (Å²) in [6.45, 7) is 2.62. The Morgan fingerprint density at radius 2 is 2.31 bits per heavy atom. The van der Waals surface area contributed by atoms with Crippen LogP contribution in [-0.2, 0) is 16.4 Å². The maximum absolute atomic E-state index is 11.2. The second-order valence-corrected chi connectivity index (χ2v) is 5.95. The van der Waals surface area contributed by atoms with Crippen LogP contribution in [0.25, 0.3) is 0 Å². The predicted molar refractivity (Wildman–Crippen MR) is 62.5 cm³/mol. The molecule has 1 unspecified atom stereocenters. The molecule has 4 nitrogen and oxygen atoms in total. The Balaban J connectivity index is 1.92. The van der Waals surface area contributed by atoms with Crippen molar-refractivity contribution in [2.45, 2.75) is 19.5 Å². The lowest BCUT2D eigenvalue weighted by Gasteiger charge is -2.09. The highest BCUT2D eigenvalue weighted by Crippen LogP contribution is 2.09. The average molecular weight is 238 g/mol. The molecule has 16 heavy (non-hydrogen) atoms. The van der Waals surface area contributed by atoms with Crippen molar-refractivity contribution in [1.82, 2.24) is 10.3 Å². The van der Waals surface area contributed by atoms with Crippen LogP contribution in [-0.4, -0.2) is 25.2 Å². The second-order valence-electron chi connectivity index (χ2n) is 4.02. The smallest absolute Gasteiger partial charge is 0.173 e. The zero-order chi connectivity index (χ0) is 11.6. The molecule has 1 aliphatic rings. The van der Waals surface area contributed by atoms with Crippen LogP contribution in [0, 0.1) is 6.92 Å². The Bertz CT molecular complexity index is 508. The summed E-state index contributed by atoms with van der Waals surface area (Å²) in [5, 5.41) is 4.45. The van der Waals surface area contributed by atoms with Gasteiger partial charge in [0.15, 0.2) is 9.84 Å². The third-order valence-electron chi connectivity index (χ3n) is 2.43. The van der Waals surface area contributed by atoms with Crippen molar-refractivity contribution in [2.24, 2.45) is 0 Å². The van der Waals surface area contributed by atoms with E-state index < -0.39 is 9.84 Å². The molecule has 0 aromatic carbocycles. The summed E-state index contributed by atoms with van der Waals surface area (Å²) in [4.78, 5) is 4.08. The second kappa shape index (κ2) is 4.35. The summed E-state index contributed by atoms with van der Waals surface area (Å²) in [5.74, 6) is 0.159. The third kappa shape index (κ3) is 2.90. The van der Waals surface area contributed by atoms with Crippen molar-refractivity contribution in [2.75, 3.05) is 5.75 Å². The number of sulfone groups is 1. The lowest BCUT2D eigenvalue weighted by Crippen LogP contribution is -2.29. The highest BCUT2D eigenvalue weighted by atomic mass is 32.2. The molecule has 5 heteroatoms. The maximum atomic E-state index is 11.2. The van der Waals surface area contributed by atoms with Crippen molar-refractivity contribution in [3.8, 4) is 0 Å². The largest absolute Gasteiger partial charge is 0.305 e. The van der Waals surface area contributed by atoms with E-state index in [0.29, 0.717) is 6.54 Å². The zero-order valence-electron chi connectivity index (χ0n) is 9.05. The Labute approximate surface area is 95.3 Å². The maximum Gasteiger partial charge on any atom is 0.173 e. The molecule has 0 saturated carbocycles. The van der Waals surface area contributed by atoms with Gasteiger partial charge in [0.25, 0.3) is 0 Å². The van der Waals surface area contributed by atoms with Crippen molar-refractivity contribution < 1.29 is 8.42 Å². The highest BCUT2D eigenvalue weighted by Gasteiger charge is 2.20. The van der Waals surface area contributed by atoms with E-state index in [1.54, 1.807) is 18.5 Å². The molecular formula is C11H14N2O2S. The molecule has 1 aromatic heterocycles. The molecule has 0 radical (unpaired) electrons. The number of nitrogens with zero attached hydrogens (tertiary/aromatic N) is 1. The molecule has 1 N–H and O–H groups in total. The summed E-state index contributed by atoms with van der Waals surface area (Å²) in [6.07, 6.45) is 5.27. The number of hydrogen-bond donors (Lipinski definition) is 1. The Morgan fingerprint density at radius 3 is 2.94 bits per heavy atom. The van der Waals surface area contributed by atoms with Gasteiger partial charge in [0.05, 0.1) is 5.75 Å². The molecule has 0 spiro atoms. The minimum absolute atomic E-state index is 0.0782. The fourth-order valence-electron chi connectivity index (χ4n) is 1.67. The molecule has 0 fully saturated rings. The molecular weight excluding hydrogens is 224 g/mol. The molecule has 86 valence electrons. The van der Waals surface area contributed by atoms with E-state index in [9.17, 15) is 8.42 Å². The van der Waals surface area contributed by atoms with Crippen LogP contribution in [0.15, 0.2) is 29.9 Å². The molecule has 0 aliphatic carbocycles. The van der Waals surface area contributed by atoms with E-state index in [1.807, 2.05) is 13.0 Å². The van der Waals surface area contributed by atoms with Gasteiger partial charge in [-0.3, -0.25) is 4.98 Å². The summed E-state index contributed by atoms with van der Waals surface area (Å²) in [5.41, 5.74) is 2.17. The van der Waals surface area contributed by atoms with Gasteiger partial charge in [-0.15, -0.1) is 0 Å². The van der Waals surface area contributed by atoms with Crippen LogP contribution >= 0.6 is 0 Å². The van der Waals surface area contributed by atoms with Gasteiger partial charge >= 0.3 is 0 Å². The lowest BCUT2D eigenvalue weighted by atomic mass is 10.2. The quantitative estimate of drug-likeness (QED) is 0.846. The fraction of sp³-hybridized carbons (Fsp3) is 0.364. The predicted octanol–water partition coefficient (Wildman–Crippen LogP) is 0.790. The van der Waals surface area contributed by atoms with Gasteiger partial charge in [0.2, 0.25) is 0 Å². The van der Waals surface area contributed by atoms with Crippen LogP contribution in [0.2, 0.25) is 0 Å². The van der Waals surface area contributed by atoms with Crippen LogP contribution < -0.4 is 5.32 Å². The lowest BCUT2D eigenvalue weighted by molar-refractivity contribution is 0.590. The molecule has 1 aliphatic heterocycles. The van der Waals surface area contributed by atoms with Crippen molar-refractivity contribution in [3.05, 3.63) is 41.1 Å². The van der Waals surface area contributed by atoms with Gasteiger partial charge in [-0.05, 0) is 18.1 Å². The van der Waals surface area contributed by atoms with E-state index >= 15 is 0 Å². The Hall–Kier alpha value is -1.20. The van der Waals surface area contributed by atoms with Gasteiger partial charge in [-0.2, -0.15) is 0 Å². The topological polar surface area (TPSA) is 59.1 Å². The number of aryl methyl sites for hydroxylation is 1. The number of rotatable bonds is 3. The first-order valence-corrected chi connectivity index (χ1v) is 6.81. The SMILES string of the molecule is Cc1cncc(CNC2C=CS(=O)(=O)C2)c1. The summed E-state index contributed by atoms with van der Waals surface area (Å²) < 4.78 is 22.3. The summed E-state index contributed by atoms with van der Waals surface area (Å²) in [7, 11) is -2.97. The molecule has 0 bridgehead atoms. The fourth-order valence-corrected chi connectivity index (χ4v) is 2.94. The van der Waals surface area contributed by atoms with E-state index in [4.69, 9.17) is 0 Å². The van der Waals surface area contributed by atoms with Gasteiger partial charge in [0.1, 0.15) is 0 Å². The van der Waals surface area contributed by atoms with Crippen LogP contribution in [0.3, 0.4) is 0 Å². The monoisotopic (exact) mass is 238 g/mol. The molecule has 2 rings (SSSR count). The van der Waals surface area contributed by atoms with E-state index in [-0.39, 0.29) is 11.8 Å². The Kier molecular flexibility index (Phi) is 3.07. The molecule has 1 atom stereocenters. The third-order valence-corrected chi connectivity index (χ3v) is 3.83. The van der Waals surface area contributed by atoms with Gasteiger partial charge in [-0.1, -0.05) is 12.1 Å². The first kappa shape index (κ1) is 11.3. The van der Waals surface area contributed by atoms with Gasteiger partial charge < -0.3 is 5.32 Å². The van der Waals surface area contributed by atoms with E-state index in [0.717, 1.165) is 11.1 Å². The van der Waals surface area contributed by atoms with Crippen LogP contribution in [0.5, 0.6) is 0 Å². The number of hydrogen-bond acceptors (Lipinski definition) is 4. The average Bonchev–Trinajstić information content (AvgIpc) is 2.56. The van der Waals surface area contributed by atoms with Gasteiger partial charge in [0, 0.05) is 30.4 Å². The number of aromatic nitrogens is 1. The first-order valence-electron chi connectivity index (χ1n) is 5.10. The molecule has 0 amide bonds. The van der Waals surface area contributed by atoms with Gasteiger partial charge in [-0.25, -0.2) is 8.42 Å². The summed E-state index contributed by atoms with van der Waals surface area (Å²) >= 11 is 0. The van der Waals surface area contributed by atoms with Crippen molar-refractivity contribution in [1.29, 1.82) is 0 Å². The Morgan fingerprint density at radius 1 is 1.50 bits per heavy atom. The first-order chi connectivity index (χ1) is 7.55. The van der Waals surface area contributed by atoms with Crippen LogP contribution in [0.4, 0.5) is 0 Å². The zero-order valence-corrected chi connectivity index (χ0v) is 9.87. The minimum Gasteiger partial charge on any atom is -0.305 e. The number of pyridine rings is 1. The molecule has 1 aromatic rings. The highest BCUT2D eigenvalue weighted by molar-refractivity contribution is 7.94. The standard InChI is InChI=1S/C11H14N2O2S/c1-9-4-10(6-12-5-9)7-13-11-2-3-16(14,15)8-11/h2-6,11,13H,7-8H2,1H3. The molecule has 2 heterocycles. The normalized spacial score (nSPS) is 22.4.